The monoisotopic (exact) mass is 326 g/mol. The van der Waals surface area contributed by atoms with Crippen LogP contribution in [0.3, 0.4) is 0 Å². The molecule has 2 fully saturated rings. The van der Waals surface area contributed by atoms with Crippen LogP contribution >= 0.6 is 23.2 Å². The molecule has 1 saturated heterocycles. The van der Waals surface area contributed by atoms with Crippen LogP contribution in [0.2, 0.25) is 10.0 Å². The van der Waals surface area contributed by atoms with Gasteiger partial charge in [0.1, 0.15) is 5.54 Å². The van der Waals surface area contributed by atoms with Gasteiger partial charge < -0.3 is 5.32 Å². The maximum Gasteiger partial charge on any atom is 0.329 e. The van der Waals surface area contributed by atoms with Gasteiger partial charge in [-0.3, -0.25) is 4.79 Å². The molecule has 0 atom stereocenters. The zero-order chi connectivity index (χ0) is 15.0. The Morgan fingerprint density at radius 2 is 1.67 bits per heavy atom. The van der Waals surface area contributed by atoms with Gasteiger partial charge in [-0.25, -0.2) is 9.69 Å². The Morgan fingerprint density at radius 3 is 2.29 bits per heavy atom. The predicted molar refractivity (Wildman–Crippen MR) is 82.9 cm³/mol. The van der Waals surface area contributed by atoms with Crippen molar-refractivity contribution in [3.63, 3.8) is 0 Å². The first kappa shape index (κ1) is 14.7. The molecule has 3 rings (SSSR count). The van der Waals surface area contributed by atoms with Crippen LogP contribution in [0.15, 0.2) is 18.2 Å². The molecule has 0 radical (unpaired) electrons. The van der Waals surface area contributed by atoms with Gasteiger partial charge in [0.05, 0.1) is 15.7 Å². The first-order valence-corrected chi connectivity index (χ1v) is 7.91. The first-order chi connectivity index (χ1) is 10.0. The van der Waals surface area contributed by atoms with Gasteiger partial charge in [-0.05, 0) is 31.0 Å². The van der Waals surface area contributed by atoms with E-state index in [0.717, 1.165) is 25.7 Å². The highest BCUT2D eigenvalue weighted by atomic mass is 35.5. The van der Waals surface area contributed by atoms with E-state index in [0.29, 0.717) is 28.6 Å². The summed E-state index contributed by atoms with van der Waals surface area (Å²) in [5.74, 6) is -0.173. The van der Waals surface area contributed by atoms with E-state index in [2.05, 4.69) is 5.32 Å². The lowest BCUT2D eigenvalue weighted by Gasteiger charge is -2.24. The van der Waals surface area contributed by atoms with Crippen molar-refractivity contribution in [2.45, 2.75) is 44.1 Å². The lowest BCUT2D eigenvalue weighted by molar-refractivity contribution is -0.122. The molecule has 3 amide bonds. The Morgan fingerprint density at radius 1 is 1.00 bits per heavy atom. The molecule has 1 N–H and O–H groups in total. The fraction of sp³-hybridized carbons (Fsp3) is 0.467. The fourth-order valence-electron chi connectivity index (χ4n) is 3.15. The Kier molecular flexibility index (Phi) is 3.84. The quantitative estimate of drug-likeness (QED) is 0.788. The maximum absolute atomic E-state index is 12.8. The van der Waals surface area contributed by atoms with Crippen molar-refractivity contribution in [2.75, 3.05) is 4.90 Å². The number of benzene rings is 1. The summed E-state index contributed by atoms with van der Waals surface area (Å²) in [4.78, 5) is 26.3. The summed E-state index contributed by atoms with van der Waals surface area (Å²) in [5, 5.41) is 3.63. The van der Waals surface area contributed by atoms with E-state index in [-0.39, 0.29) is 11.9 Å². The smallest absolute Gasteiger partial charge is 0.323 e. The summed E-state index contributed by atoms with van der Waals surface area (Å²) in [6.45, 7) is 0. The van der Waals surface area contributed by atoms with Crippen molar-refractivity contribution in [3.05, 3.63) is 28.2 Å². The first-order valence-electron chi connectivity index (χ1n) is 7.15. The molecule has 1 spiro atoms. The maximum atomic E-state index is 12.8. The summed E-state index contributed by atoms with van der Waals surface area (Å²) in [5.41, 5.74) is -0.271. The molecule has 6 heteroatoms. The molecule has 4 nitrogen and oxygen atoms in total. The Balaban J connectivity index is 1.94. The van der Waals surface area contributed by atoms with Crippen LogP contribution in [0.4, 0.5) is 10.5 Å². The SMILES string of the molecule is O=C1NC2(CCCCCC2)C(=O)N1c1ccc(Cl)c(Cl)c1. The van der Waals surface area contributed by atoms with Gasteiger partial charge in [0.15, 0.2) is 0 Å². The molecule has 1 aromatic carbocycles. The van der Waals surface area contributed by atoms with E-state index in [1.165, 1.54) is 4.90 Å². The number of nitrogens with one attached hydrogen (secondary N) is 1. The number of hydrogen-bond acceptors (Lipinski definition) is 2. The van der Waals surface area contributed by atoms with E-state index < -0.39 is 5.54 Å². The van der Waals surface area contributed by atoms with Crippen LogP contribution in [0.25, 0.3) is 0 Å². The highest BCUT2D eigenvalue weighted by molar-refractivity contribution is 6.42. The molecule has 1 heterocycles. The number of carbonyl (C=O) groups is 2. The zero-order valence-electron chi connectivity index (χ0n) is 11.5. The zero-order valence-corrected chi connectivity index (χ0v) is 13.0. The highest BCUT2D eigenvalue weighted by Gasteiger charge is 2.51. The molecule has 1 aliphatic heterocycles. The number of carbonyl (C=O) groups excluding carboxylic acids is 2. The minimum absolute atomic E-state index is 0.173. The third kappa shape index (κ3) is 2.51. The van der Waals surface area contributed by atoms with Crippen molar-refractivity contribution < 1.29 is 9.59 Å². The lowest BCUT2D eigenvalue weighted by Crippen LogP contribution is -2.46. The van der Waals surface area contributed by atoms with Gasteiger partial charge in [0.2, 0.25) is 0 Å². The molecule has 112 valence electrons. The molecular formula is C15H16Cl2N2O2. The van der Waals surface area contributed by atoms with Crippen molar-refractivity contribution in [3.8, 4) is 0 Å². The predicted octanol–water partition coefficient (Wildman–Crippen LogP) is 4.14. The van der Waals surface area contributed by atoms with Gasteiger partial charge in [-0.15, -0.1) is 0 Å². The molecule has 1 aromatic rings. The van der Waals surface area contributed by atoms with E-state index >= 15 is 0 Å². The number of halogens is 2. The number of urea groups is 1. The molecule has 0 bridgehead atoms. The average molecular weight is 327 g/mol. The summed E-state index contributed by atoms with van der Waals surface area (Å²) in [6.07, 6.45) is 5.54. The molecule has 1 aliphatic carbocycles. The van der Waals surface area contributed by atoms with Crippen LogP contribution in [0.1, 0.15) is 38.5 Å². The van der Waals surface area contributed by atoms with Gasteiger partial charge in [-0.2, -0.15) is 0 Å². The van der Waals surface area contributed by atoms with Gasteiger partial charge in [0, 0.05) is 0 Å². The third-order valence-electron chi connectivity index (χ3n) is 4.28. The topological polar surface area (TPSA) is 49.4 Å². The molecule has 0 aromatic heterocycles. The fourth-order valence-corrected chi connectivity index (χ4v) is 3.44. The third-order valence-corrected chi connectivity index (χ3v) is 5.02. The standard InChI is InChI=1S/C15H16Cl2N2O2/c16-11-6-5-10(9-12(11)17)19-13(20)15(18-14(19)21)7-3-1-2-4-8-15/h5-6,9H,1-4,7-8H2,(H,18,21). The van der Waals surface area contributed by atoms with Crippen molar-refractivity contribution in [1.29, 1.82) is 0 Å². The normalized spacial score (nSPS) is 21.5. The second-order valence-corrected chi connectivity index (χ2v) is 6.48. The summed E-state index contributed by atoms with van der Waals surface area (Å²) < 4.78 is 0. The van der Waals surface area contributed by atoms with Crippen molar-refractivity contribution in [1.82, 2.24) is 5.32 Å². The van der Waals surface area contributed by atoms with Crippen molar-refractivity contribution >= 4 is 40.8 Å². The van der Waals surface area contributed by atoms with E-state index in [1.54, 1.807) is 18.2 Å². The number of imide groups is 1. The number of nitrogens with zero attached hydrogens (tertiary/aromatic N) is 1. The van der Waals surface area contributed by atoms with E-state index in [4.69, 9.17) is 23.2 Å². The number of rotatable bonds is 1. The second-order valence-electron chi connectivity index (χ2n) is 5.67. The second kappa shape index (κ2) is 5.50. The number of anilines is 1. The van der Waals surface area contributed by atoms with Gasteiger partial charge in [-0.1, -0.05) is 48.9 Å². The minimum Gasteiger partial charge on any atom is -0.323 e. The summed E-state index contributed by atoms with van der Waals surface area (Å²) >= 11 is 11.9. The van der Waals surface area contributed by atoms with Gasteiger partial charge in [0.25, 0.3) is 5.91 Å². The largest absolute Gasteiger partial charge is 0.329 e. The summed E-state index contributed by atoms with van der Waals surface area (Å²) in [6, 6.07) is 4.41. The summed E-state index contributed by atoms with van der Waals surface area (Å²) in [7, 11) is 0. The average Bonchev–Trinajstić information content (AvgIpc) is 2.61. The van der Waals surface area contributed by atoms with E-state index in [9.17, 15) is 9.59 Å². The lowest BCUT2D eigenvalue weighted by atomic mass is 9.90. The highest BCUT2D eigenvalue weighted by Crippen LogP contribution is 2.36. The number of hydrogen-bond donors (Lipinski definition) is 1. The van der Waals surface area contributed by atoms with Crippen LogP contribution < -0.4 is 10.2 Å². The Labute approximate surface area is 133 Å². The molecule has 1 saturated carbocycles. The van der Waals surface area contributed by atoms with Crippen molar-refractivity contribution in [2.24, 2.45) is 0 Å². The van der Waals surface area contributed by atoms with Crippen LogP contribution in [-0.2, 0) is 4.79 Å². The molecular weight excluding hydrogens is 311 g/mol. The van der Waals surface area contributed by atoms with Crippen LogP contribution in [0, 0.1) is 0 Å². The molecule has 0 unspecified atom stereocenters. The van der Waals surface area contributed by atoms with Gasteiger partial charge >= 0.3 is 6.03 Å². The van der Waals surface area contributed by atoms with Crippen LogP contribution in [0.5, 0.6) is 0 Å². The Hall–Kier alpha value is -1.26. The van der Waals surface area contributed by atoms with Crippen LogP contribution in [-0.4, -0.2) is 17.5 Å². The molecule has 21 heavy (non-hydrogen) atoms. The Bertz CT molecular complexity index is 595. The molecule has 2 aliphatic rings. The minimum atomic E-state index is -0.736. The van der Waals surface area contributed by atoms with E-state index in [1.807, 2.05) is 0 Å². The number of amides is 3.